The number of likely N-dealkylation sites (tertiary alicyclic amines) is 1. The third-order valence-electron chi connectivity index (χ3n) is 6.91. The van der Waals surface area contributed by atoms with E-state index in [0.717, 1.165) is 27.6 Å². The minimum atomic E-state index is -0.325. The Morgan fingerprint density at radius 2 is 1.67 bits per heavy atom. The van der Waals surface area contributed by atoms with Crippen molar-refractivity contribution < 1.29 is 31.0 Å². The van der Waals surface area contributed by atoms with Gasteiger partial charge in [-0.1, -0.05) is 54.1 Å². The van der Waals surface area contributed by atoms with Gasteiger partial charge in [0.1, 0.15) is 5.75 Å². The maximum absolute atomic E-state index is 12.7. The molecule has 1 fully saturated rings. The van der Waals surface area contributed by atoms with Gasteiger partial charge in [-0.15, -0.1) is 0 Å². The Hall–Kier alpha value is -2.43. The van der Waals surface area contributed by atoms with Gasteiger partial charge in [0.05, 0.1) is 32.2 Å². The van der Waals surface area contributed by atoms with Crippen molar-refractivity contribution in [2.24, 2.45) is 0 Å². The van der Waals surface area contributed by atoms with E-state index in [2.05, 4.69) is 51.4 Å². The molecule has 4 rings (SSSR count). The number of ether oxygens (including phenoxy) is 1. The number of carbonyl (C=O) groups excluding carboxylic acids is 1. The SMILES string of the molecule is Cc1ccc(OC(=O)c2ccccc2)c(-c2ccccc2CCC2CCCC[N+]2(C)C)c1.[Br-]. The first-order chi connectivity index (χ1) is 15.4. The van der Waals surface area contributed by atoms with Crippen molar-refractivity contribution in [1.82, 2.24) is 0 Å². The van der Waals surface area contributed by atoms with E-state index in [9.17, 15) is 4.79 Å². The van der Waals surface area contributed by atoms with Crippen molar-refractivity contribution in [2.45, 2.75) is 45.1 Å². The first-order valence-electron chi connectivity index (χ1n) is 11.7. The van der Waals surface area contributed by atoms with Crippen LogP contribution >= 0.6 is 0 Å². The largest absolute Gasteiger partial charge is 1.00 e. The number of carbonyl (C=O) groups is 1. The molecule has 1 aliphatic heterocycles. The molecule has 3 nitrogen and oxygen atoms in total. The van der Waals surface area contributed by atoms with Crippen LogP contribution in [0.25, 0.3) is 11.1 Å². The van der Waals surface area contributed by atoms with E-state index < -0.39 is 0 Å². The van der Waals surface area contributed by atoms with Crippen molar-refractivity contribution in [1.29, 1.82) is 0 Å². The molecule has 0 spiro atoms. The molecule has 4 heteroatoms. The molecule has 1 atom stereocenters. The average Bonchev–Trinajstić information content (AvgIpc) is 2.80. The number of nitrogens with zero attached hydrogens (tertiary/aromatic N) is 1. The molecule has 1 saturated heterocycles. The fourth-order valence-electron chi connectivity index (χ4n) is 4.92. The first kappa shape index (κ1) is 25.2. The van der Waals surface area contributed by atoms with E-state index >= 15 is 0 Å². The highest BCUT2D eigenvalue weighted by Crippen LogP contribution is 2.35. The van der Waals surface area contributed by atoms with Crippen molar-refractivity contribution >= 4 is 5.97 Å². The van der Waals surface area contributed by atoms with Crippen molar-refractivity contribution in [3.63, 3.8) is 0 Å². The van der Waals surface area contributed by atoms with Crippen LogP contribution in [-0.2, 0) is 6.42 Å². The van der Waals surface area contributed by atoms with Crippen LogP contribution in [0.5, 0.6) is 5.75 Å². The van der Waals surface area contributed by atoms with Crippen LogP contribution < -0.4 is 21.7 Å². The van der Waals surface area contributed by atoms with E-state index in [1.807, 2.05) is 30.3 Å². The summed E-state index contributed by atoms with van der Waals surface area (Å²) in [5.41, 5.74) is 5.18. The van der Waals surface area contributed by atoms with Gasteiger partial charge in [0, 0.05) is 12.0 Å². The second-order valence-electron chi connectivity index (χ2n) is 9.60. The Balaban J connectivity index is 0.00000306. The smallest absolute Gasteiger partial charge is 0.343 e. The molecule has 3 aromatic carbocycles. The Kier molecular flexibility index (Phi) is 8.50. The topological polar surface area (TPSA) is 26.3 Å². The summed E-state index contributed by atoms with van der Waals surface area (Å²) in [6.07, 6.45) is 6.18. The molecule has 1 heterocycles. The number of piperidine rings is 1. The fraction of sp³-hybridized carbons (Fsp3) is 0.345. The predicted octanol–water partition coefficient (Wildman–Crippen LogP) is 3.45. The summed E-state index contributed by atoms with van der Waals surface area (Å²) in [6, 6.07) is 24.5. The van der Waals surface area contributed by atoms with E-state index in [4.69, 9.17) is 4.74 Å². The zero-order valence-corrected chi connectivity index (χ0v) is 21.5. The lowest BCUT2D eigenvalue weighted by Gasteiger charge is -2.42. The van der Waals surface area contributed by atoms with Crippen LogP contribution in [0.15, 0.2) is 72.8 Å². The summed E-state index contributed by atoms with van der Waals surface area (Å²) in [7, 11) is 4.74. The second kappa shape index (κ2) is 11.1. The zero-order valence-electron chi connectivity index (χ0n) is 19.9. The Morgan fingerprint density at radius 3 is 2.42 bits per heavy atom. The summed E-state index contributed by atoms with van der Waals surface area (Å²) in [6.45, 7) is 3.35. The molecule has 0 saturated carbocycles. The van der Waals surface area contributed by atoms with Crippen molar-refractivity contribution in [3.8, 4) is 16.9 Å². The number of hydrogen-bond acceptors (Lipinski definition) is 2. The number of aryl methyl sites for hydroxylation is 2. The number of esters is 1. The summed E-state index contributed by atoms with van der Waals surface area (Å²) >= 11 is 0. The first-order valence-corrected chi connectivity index (χ1v) is 11.7. The minimum Gasteiger partial charge on any atom is -1.00 e. The molecule has 0 N–H and O–H groups in total. The highest BCUT2D eigenvalue weighted by atomic mass is 79.9. The molecular formula is C29H34BrNO2. The average molecular weight is 509 g/mol. The number of benzene rings is 3. The van der Waals surface area contributed by atoms with Crippen LogP contribution in [0, 0.1) is 6.92 Å². The standard InChI is InChI=1S/C29H34NO2.BrH/c1-22-16-19-28(32-29(31)24-12-5-4-6-13-24)27(21-22)26-15-8-7-11-23(26)17-18-25-14-9-10-20-30(25,2)3;/h4-8,11-13,15-16,19,21,25H,9-10,14,17-18,20H2,1-3H3;1H/q+1;/p-1. The lowest BCUT2D eigenvalue weighted by molar-refractivity contribution is -0.920. The number of halogens is 1. The lowest BCUT2D eigenvalue weighted by atomic mass is 9.90. The monoisotopic (exact) mass is 507 g/mol. The Morgan fingerprint density at radius 1 is 0.939 bits per heavy atom. The van der Waals surface area contributed by atoms with E-state index in [0.29, 0.717) is 17.4 Å². The van der Waals surface area contributed by atoms with Crippen LogP contribution in [0.2, 0.25) is 0 Å². The summed E-state index contributed by atoms with van der Waals surface area (Å²) < 4.78 is 7.00. The van der Waals surface area contributed by atoms with E-state index in [1.165, 1.54) is 37.8 Å². The van der Waals surface area contributed by atoms with Crippen LogP contribution in [0.3, 0.4) is 0 Å². The van der Waals surface area contributed by atoms with Gasteiger partial charge in [0.25, 0.3) is 0 Å². The fourth-order valence-corrected chi connectivity index (χ4v) is 4.92. The van der Waals surface area contributed by atoms with Gasteiger partial charge in [-0.05, 0) is 68.0 Å². The van der Waals surface area contributed by atoms with E-state index in [-0.39, 0.29) is 23.0 Å². The maximum atomic E-state index is 12.7. The van der Waals surface area contributed by atoms with Gasteiger partial charge in [-0.25, -0.2) is 4.79 Å². The van der Waals surface area contributed by atoms with E-state index in [1.54, 1.807) is 12.1 Å². The Bertz CT molecular complexity index is 1080. The quantitative estimate of drug-likeness (QED) is 0.290. The van der Waals surface area contributed by atoms with Crippen molar-refractivity contribution in [3.05, 3.63) is 89.5 Å². The molecule has 1 unspecified atom stereocenters. The van der Waals surface area contributed by atoms with Gasteiger partial charge >= 0.3 is 5.97 Å². The van der Waals surface area contributed by atoms with Gasteiger partial charge in [0.2, 0.25) is 0 Å². The zero-order chi connectivity index (χ0) is 22.6. The van der Waals surface area contributed by atoms with Crippen LogP contribution in [0.4, 0.5) is 0 Å². The molecule has 0 aliphatic carbocycles. The summed E-state index contributed by atoms with van der Waals surface area (Å²) in [5.74, 6) is 0.292. The van der Waals surface area contributed by atoms with Gasteiger partial charge in [0.15, 0.2) is 0 Å². The molecule has 1 aliphatic rings. The van der Waals surface area contributed by atoms with Gasteiger partial charge in [-0.3, -0.25) is 0 Å². The lowest BCUT2D eigenvalue weighted by Crippen LogP contribution is -3.00. The third kappa shape index (κ3) is 6.13. The molecule has 0 amide bonds. The number of quaternary nitrogens is 1. The van der Waals surface area contributed by atoms with Crippen LogP contribution in [0.1, 0.15) is 47.2 Å². The maximum Gasteiger partial charge on any atom is 0.343 e. The normalized spacial score (nSPS) is 17.1. The highest BCUT2D eigenvalue weighted by Gasteiger charge is 2.31. The highest BCUT2D eigenvalue weighted by molar-refractivity contribution is 5.92. The third-order valence-corrected chi connectivity index (χ3v) is 6.91. The minimum absolute atomic E-state index is 0. The number of hydrogen-bond donors (Lipinski definition) is 0. The molecule has 33 heavy (non-hydrogen) atoms. The van der Waals surface area contributed by atoms with Gasteiger partial charge < -0.3 is 26.2 Å². The second-order valence-corrected chi connectivity index (χ2v) is 9.60. The Labute approximate surface area is 208 Å². The molecule has 0 aromatic heterocycles. The molecule has 0 radical (unpaired) electrons. The molecule has 3 aromatic rings. The molecular weight excluding hydrogens is 474 g/mol. The summed E-state index contributed by atoms with van der Waals surface area (Å²) in [5, 5.41) is 0. The number of rotatable bonds is 6. The van der Waals surface area contributed by atoms with Crippen molar-refractivity contribution in [2.75, 3.05) is 20.6 Å². The van der Waals surface area contributed by atoms with Gasteiger partial charge in [-0.2, -0.15) is 0 Å². The summed E-state index contributed by atoms with van der Waals surface area (Å²) in [4.78, 5) is 12.7. The molecule has 0 bridgehead atoms. The van der Waals surface area contributed by atoms with Crippen LogP contribution in [-0.4, -0.2) is 37.1 Å². The predicted molar refractivity (Wildman–Crippen MR) is 131 cm³/mol. The molecule has 174 valence electrons.